The van der Waals surface area contributed by atoms with Gasteiger partial charge in [0, 0.05) is 16.2 Å². The van der Waals surface area contributed by atoms with Gasteiger partial charge < -0.3 is 10.6 Å². The zero-order valence-corrected chi connectivity index (χ0v) is 13.7. The van der Waals surface area contributed by atoms with Gasteiger partial charge in [0.2, 0.25) is 5.91 Å². The van der Waals surface area contributed by atoms with Crippen molar-refractivity contribution in [3.05, 3.63) is 28.7 Å². The third-order valence-electron chi connectivity index (χ3n) is 4.08. The van der Waals surface area contributed by atoms with E-state index < -0.39 is 0 Å². The van der Waals surface area contributed by atoms with Crippen molar-refractivity contribution >= 4 is 27.5 Å². The predicted octanol–water partition coefficient (Wildman–Crippen LogP) is 3.94. The van der Waals surface area contributed by atoms with Gasteiger partial charge in [-0.2, -0.15) is 0 Å². The maximum atomic E-state index is 12.2. The van der Waals surface area contributed by atoms with Crippen LogP contribution in [0.2, 0.25) is 0 Å². The quantitative estimate of drug-likeness (QED) is 0.872. The van der Waals surface area contributed by atoms with Crippen molar-refractivity contribution in [3.8, 4) is 0 Å². The fourth-order valence-electron chi connectivity index (χ4n) is 2.74. The van der Waals surface area contributed by atoms with E-state index in [2.05, 4.69) is 33.5 Å². The van der Waals surface area contributed by atoms with Crippen molar-refractivity contribution < 1.29 is 4.79 Å². The number of anilines is 1. The molecule has 1 aliphatic rings. The zero-order valence-electron chi connectivity index (χ0n) is 12.2. The van der Waals surface area contributed by atoms with Gasteiger partial charge in [-0.05, 0) is 49.9 Å². The van der Waals surface area contributed by atoms with Crippen molar-refractivity contribution in [1.82, 2.24) is 5.32 Å². The molecular weight excluding hydrogens is 316 g/mol. The monoisotopic (exact) mass is 338 g/mol. The largest absolute Gasteiger partial charge is 0.325 e. The fraction of sp³-hybridized carbons (Fsp3) is 0.562. The van der Waals surface area contributed by atoms with Crippen LogP contribution in [0.1, 0.15) is 39.5 Å². The van der Waals surface area contributed by atoms with Gasteiger partial charge in [0.05, 0.1) is 6.04 Å². The van der Waals surface area contributed by atoms with Gasteiger partial charge in [0.15, 0.2) is 0 Å². The molecule has 2 N–H and O–H groups in total. The highest BCUT2D eigenvalue weighted by atomic mass is 79.9. The van der Waals surface area contributed by atoms with Crippen LogP contribution in [0.15, 0.2) is 28.7 Å². The average Bonchev–Trinajstić information content (AvgIpc) is 2.44. The molecule has 0 aromatic heterocycles. The SMILES string of the molecule is C[C@H](N[C@H]1CCCC[C@@H]1C)C(=O)Nc1ccc(Br)cc1. The lowest BCUT2D eigenvalue weighted by Crippen LogP contribution is -2.47. The second-order valence-corrected chi connectivity index (χ2v) is 6.67. The minimum atomic E-state index is -0.163. The van der Waals surface area contributed by atoms with Gasteiger partial charge >= 0.3 is 0 Å². The predicted molar refractivity (Wildman–Crippen MR) is 86.8 cm³/mol. The first-order valence-electron chi connectivity index (χ1n) is 7.39. The Morgan fingerprint density at radius 2 is 1.90 bits per heavy atom. The Labute approximate surface area is 129 Å². The first-order chi connectivity index (χ1) is 9.56. The van der Waals surface area contributed by atoms with E-state index >= 15 is 0 Å². The van der Waals surface area contributed by atoms with Gasteiger partial charge in [-0.3, -0.25) is 4.79 Å². The smallest absolute Gasteiger partial charge is 0.241 e. The van der Waals surface area contributed by atoms with E-state index in [1.54, 1.807) is 0 Å². The van der Waals surface area contributed by atoms with Crippen molar-refractivity contribution in [1.29, 1.82) is 0 Å². The Bertz CT molecular complexity index is 446. The van der Waals surface area contributed by atoms with Crippen LogP contribution in [0, 0.1) is 5.92 Å². The topological polar surface area (TPSA) is 41.1 Å². The van der Waals surface area contributed by atoms with Gasteiger partial charge in [-0.1, -0.05) is 35.7 Å². The fourth-order valence-corrected chi connectivity index (χ4v) is 3.01. The standard InChI is InChI=1S/C16H23BrN2O/c1-11-5-3-4-6-15(11)18-12(2)16(20)19-14-9-7-13(17)8-10-14/h7-12,15,18H,3-6H2,1-2H3,(H,19,20)/t11-,12-,15-/m0/s1. The summed E-state index contributed by atoms with van der Waals surface area (Å²) in [5.41, 5.74) is 0.837. The molecule has 2 rings (SSSR count). The molecule has 0 radical (unpaired) electrons. The number of benzene rings is 1. The summed E-state index contributed by atoms with van der Waals surface area (Å²) >= 11 is 3.39. The molecule has 4 heteroatoms. The number of rotatable bonds is 4. The summed E-state index contributed by atoms with van der Waals surface area (Å²) in [4.78, 5) is 12.2. The molecule has 3 atom stereocenters. The lowest BCUT2D eigenvalue weighted by molar-refractivity contribution is -0.118. The molecule has 1 amide bonds. The van der Waals surface area contributed by atoms with Crippen molar-refractivity contribution in [2.75, 3.05) is 5.32 Å². The maximum absolute atomic E-state index is 12.2. The maximum Gasteiger partial charge on any atom is 0.241 e. The Hall–Kier alpha value is -0.870. The molecule has 20 heavy (non-hydrogen) atoms. The van der Waals surface area contributed by atoms with Crippen LogP contribution in [0.5, 0.6) is 0 Å². The summed E-state index contributed by atoms with van der Waals surface area (Å²) in [6.45, 7) is 4.21. The molecule has 1 aliphatic carbocycles. The number of carbonyl (C=O) groups is 1. The molecule has 0 aliphatic heterocycles. The van der Waals surface area contributed by atoms with E-state index in [0.29, 0.717) is 12.0 Å². The molecule has 1 aromatic carbocycles. The lowest BCUT2D eigenvalue weighted by atomic mass is 9.85. The van der Waals surface area contributed by atoms with E-state index in [1.165, 1.54) is 25.7 Å². The van der Waals surface area contributed by atoms with Gasteiger partial charge in [0.1, 0.15) is 0 Å². The summed E-state index contributed by atoms with van der Waals surface area (Å²) < 4.78 is 1.01. The molecular formula is C16H23BrN2O. The van der Waals surface area contributed by atoms with Gasteiger partial charge in [0.25, 0.3) is 0 Å². The molecule has 0 saturated heterocycles. The first kappa shape index (κ1) is 15.5. The highest BCUT2D eigenvalue weighted by molar-refractivity contribution is 9.10. The van der Waals surface area contributed by atoms with E-state index in [-0.39, 0.29) is 11.9 Å². The van der Waals surface area contributed by atoms with E-state index in [4.69, 9.17) is 0 Å². The number of halogens is 1. The highest BCUT2D eigenvalue weighted by Gasteiger charge is 2.24. The van der Waals surface area contributed by atoms with Gasteiger partial charge in [-0.15, -0.1) is 0 Å². The minimum Gasteiger partial charge on any atom is -0.325 e. The normalized spacial score (nSPS) is 24.1. The van der Waals surface area contributed by atoms with Crippen molar-refractivity contribution in [2.24, 2.45) is 5.92 Å². The number of hydrogen-bond acceptors (Lipinski definition) is 2. The Morgan fingerprint density at radius 3 is 2.55 bits per heavy atom. The molecule has 0 bridgehead atoms. The molecule has 0 spiro atoms. The Balaban J connectivity index is 1.86. The van der Waals surface area contributed by atoms with Crippen LogP contribution in [-0.2, 0) is 4.79 Å². The van der Waals surface area contributed by atoms with Crippen LogP contribution in [0.3, 0.4) is 0 Å². The van der Waals surface area contributed by atoms with Crippen LogP contribution in [0.4, 0.5) is 5.69 Å². The van der Waals surface area contributed by atoms with E-state index in [1.807, 2.05) is 31.2 Å². The number of nitrogens with one attached hydrogen (secondary N) is 2. The average molecular weight is 339 g/mol. The summed E-state index contributed by atoms with van der Waals surface area (Å²) in [6, 6.07) is 7.96. The zero-order chi connectivity index (χ0) is 14.5. The summed E-state index contributed by atoms with van der Waals surface area (Å²) in [7, 11) is 0. The second kappa shape index (κ2) is 7.23. The number of hydrogen-bond donors (Lipinski definition) is 2. The molecule has 1 fully saturated rings. The van der Waals surface area contributed by atoms with Crippen molar-refractivity contribution in [2.45, 2.75) is 51.6 Å². The molecule has 110 valence electrons. The highest BCUT2D eigenvalue weighted by Crippen LogP contribution is 2.24. The van der Waals surface area contributed by atoms with Crippen LogP contribution in [0.25, 0.3) is 0 Å². The van der Waals surface area contributed by atoms with Crippen molar-refractivity contribution in [3.63, 3.8) is 0 Å². The number of carbonyl (C=O) groups excluding carboxylic acids is 1. The molecule has 3 nitrogen and oxygen atoms in total. The molecule has 0 unspecified atom stereocenters. The van der Waals surface area contributed by atoms with Crippen LogP contribution >= 0.6 is 15.9 Å². The molecule has 0 heterocycles. The first-order valence-corrected chi connectivity index (χ1v) is 8.18. The van der Waals surface area contributed by atoms with E-state index in [0.717, 1.165) is 10.2 Å². The third kappa shape index (κ3) is 4.32. The lowest BCUT2D eigenvalue weighted by Gasteiger charge is -2.31. The van der Waals surface area contributed by atoms with Crippen LogP contribution < -0.4 is 10.6 Å². The Kier molecular flexibility index (Phi) is 5.61. The minimum absolute atomic E-state index is 0.0325. The second-order valence-electron chi connectivity index (χ2n) is 5.75. The summed E-state index contributed by atoms with van der Waals surface area (Å²) in [6.07, 6.45) is 5.03. The molecule has 1 saturated carbocycles. The summed E-state index contributed by atoms with van der Waals surface area (Å²) in [5.74, 6) is 0.691. The van der Waals surface area contributed by atoms with Gasteiger partial charge in [-0.25, -0.2) is 0 Å². The van der Waals surface area contributed by atoms with E-state index in [9.17, 15) is 4.79 Å². The third-order valence-corrected chi connectivity index (χ3v) is 4.61. The molecule has 1 aromatic rings. The van der Waals surface area contributed by atoms with Crippen LogP contribution in [-0.4, -0.2) is 18.0 Å². The summed E-state index contributed by atoms with van der Waals surface area (Å²) in [5, 5.41) is 6.43. The number of amides is 1. The Morgan fingerprint density at radius 1 is 1.25 bits per heavy atom.